The summed E-state index contributed by atoms with van der Waals surface area (Å²) in [6.45, 7) is 6.58. The highest BCUT2D eigenvalue weighted by Gasteiger charge is 2.20. The number of hydrogen-bond acceptors (Lipinski definition) is 8. The molecule has 1 aliphatic rings. The van der Waals surface area contributed by atoms with E-state index in [0.29, 0.717) is 24.4 Å². The lowest BCUT2D eigenvalue weighted by atomic mass is 10.1. The van der Waals surface area contributed by atoms with E-state index in [4.69, 9.17) is 14.2 Å². The van der Waals surface area contributed by atoms with Gasteiger partial charge in [0, 0.05) is 70.5 Å². The van der Waals surface area contributed by atoms with Gasteiger partial charge in [-0.1, -0.05) is 0 Å². The number of rotatable bonds is 10. The van der Waals surface area contributed by atoms with Crippen LogP contribution in [0.3, 0.4) is 0 Å². The summed E-state index contributed by atoms with van der Waals surface area (Å²) in [6, 6.07) is 12.2. The Morgan fingerprint density at radius 1 is 0.925 bits per heavy atom. The van der Waals surface area contributed by atoms with Crippen LogP contribution in [0.2, 0.25) is 0 Å². The van der Waals surface area contributed by atoms with E-state index in [1.54, 1.807) is 50.4 Å². The number of hydrogen-bond donors (Lipinski definition) is 0. The molecule has 0 radical (unpaired) electrons. The Labute approximate surface area is 235 Å². The van der Waals surface area contributed by atoms with Crippen LogP contribution in [0.25, 0.3) is 10.9 Å². The smallest absolute Gasteiger partial charge is 0.338 e. The number of carbonyl (C=O) groups excluding carboxylic acids is 3. The van der Waals surface area contributed by atoms with Crippen molar-refractivity contribution in [2.45, 2.75) is 13.3 Å². The number of piperazine rings is 1. The summed E-state index contributed by atoms with van der Waals surface area (Å²) in [5, 5.41) is 0.954. The summed E-state index contributed by atoms with van der Waals surface area (Å²) in [4.78, 5) is 43.1. The highest BCUT2D eigenvalue weighted by atomic mass is 16.5. The first-order valence-corrected chi connectivity index (χ1v) is 13.4. The van der Waals surface area contributed by atoms with Crippen LogP contribution in [0.15, 0.2) is 42.5 Å². The van der Waals surface area contributed by atoms with Crippen molar-refractivity contribution in [3.8, 4) is 11.5 Å². The van der Waals surface area contributed by atoms with Gasteiger partial charge in [-0.15, -0.1) is 0 Å². The maximum absolute atomic E-state index is 12.8. The summed E-state index contributed by atoms with van der Waals surface area (Å²) < 4.78 is 18.4. The predicted octanol–water partition coefficient (Wildman–Crippen LogP) is 2.51. The molecule has 214 valence electrons. The fourth-order valence-electron chi connectivity index (χ4n) is 4.80. The van der Waals surface area contributed by atoms with Gasteiger partial charge in [0.25, 0.3) is 0 Å². The molecule has 0 spiro atoms. The molecule has 0 unspecified atom stereocenters. The van der Waals surface area contributed by atoms with E-state index < -0.39 is 5.97 Å². The number of likely N-dealkylation sites (N-methyl/N-ethyl adjacent to an activating group) is 1. The van der Waals surface area contributed by atoms with Crippen molar-refractivity contribution < 1.29 is 28.6 Å². The van der Waals surface area contributed by atoms with Crippen molar-refractivity contribution in [1.29, 1.82) is 0 Å². The number of amides is 1. The highest BCUT2D eigenvalue weighted by Crippen LogP contribution is 2.29. The fraction of sp³-hybridized carbons (Fsp3) is 0.433. The molecule has 1 fully saturated rings. The molecule has 0 atom stereocenters. The Morgan fingerprint density at radius 3 is 2.23 bits per heavy atom. The van der Waals surface area contributed by atoms with Gasteiger partial charge in [-0.05, 0) is 55.0 Å². The van der Waals surface area contributed by atoms with Crippen LogP contribution in [-0.2, 0) is 27.8 Å². The molecular formula is C30H38N4O6. The first-order valence-electron chi connectivity index (χ1n) is 13.4. The zero-order chi connectivity index (χ0) is 28.8. The molecule has 10 nitrogen and oxygen atoms in total. The van der Waals surface area contributed by atoms with Crippen LogP contribution in [-0.4, -0.2) is 104 Å². The molecule has 2 aromatic carbocycles. The highest BCUT2D eigenvalue weighted by molar-refractivity contribution is 5.91. The molecule has 0 N–H and O–H groups in total. The molecular weight excluding hydrogens is 512 g/mol. The molecule has 2 heterocycles. The minimum atomic E-state index is -0.423. The van der Waals surface area contributed by atoms with Crippen LogP contribution in [0, 0.1) is 6.92 Å². The third-order valence-electron chi connectivity index (χ3n) is 7.44. The van der Waals surface area contributed by atoms with Gasteiger partial charge in [0.2, 0.25) is 5.91 Å². The number of benzene rings is 2. The van der Waals surface area contributed by atoms with Gasteiger partial charge in [0.05, 0.1) is 25.6 Å². The lowest BCUT2D eigenvalue weighted by molar-refractivity contribution is -0.133. The quantitative estimate of drug-likeness (QED) is 0.281. The van der Waals surface area contributed by atoms with Gasteiger partial charge in [-0.3, -0.25) is 19.4 Å². The Hall–Kier alpha value is -3.89. The van der Waals surface area contributed by atoms with Gasteiger partial charge in [-0.2, -0.15) is 0 Å². The second-order valence-corrected chi connectivity index (χ2v) is 10.2. The zero-order valence-electron chi connectivity index (χ0n) is 23.9. The number of aromatic nitrogens is 1. The van der Waals surface area contributed by atoms with Gasteiger partial charge in [0.15, 0.2) is 0 Å². The number of esters is 2. The topological polar surface area (TPSA) is 93.5 Å². The van der Waals surface area contributed by atoms with Crippen molar-refractivity contribution in [3.05, 3.63) is 59.3 Å². The SMILES string of the molecule is COc1ccc2c(c1)c(CC(=O)Oc1ccc(C(=O)OCCN3CCN(CC(=O)N(C)C)CC3)cc1)c(C)n2C. The number of methoxy groups -OCH3 is 1. The summed E-state index contributed by atoms with van der Waals surface area (Å²) in [5.41, 5.74) is 3.29. The number of ether oxygens (including phenoxy) is 3. The lowest BCUT2D eigenvalue weighted by Crippen LogP contribution is -2.49. The number of fused-ring (bicyclic) bond motifs is 1. The van der Waals surface area contributed by atoms with Crippen LogP contribution >= 0.6 is 0 Å². The molecule has 10 heteroatoms. The van der Waals surface area contributed by atoms with Crippen LogP contribution in [0.4, 0.5) is 0 Å². The van der Waals surface area contributed by atoms with Crippen LogP contribution in [0.1, 0.15) is 21.6 Å². The van der Waals surface area contributed by atoms with E-state index in [2.05, 4.69) is 9.80 Å². The average Bonchev–Trinajstić information content (AvgIpc) is 3.18. The maximum atomic E-state index is 12.8. The Kier molecular flexibility index (Phi) is 9.44. The van der Waals surface area contributed by atoms with E-state index in [1.807, 2.05) is 36.7 Å². The maximum Gasteiger partial charge on any atom is 0.338 e. The summed E-state index contributed by atoms with van der Waals surface area (Å²) in [5.74, 6) is 0.381. The average molecular weight is 551 g/mol. The standard InChI is InChI=1S/C30H38N4O6/c1-21-25(26-18-24(38-5)10-11-27(26)32(21)4)19-29(36)40-23-8-6-22(7-9-23)30(37)39-17-16-33-12-14-34(15-13-33)20-28(35)31(2)3/h6-11,18H,12-17,19-20H2,1-5H3. The van der Waals surface area contributed by atoms with Crippen molar-refractivity contribution in [1.82, 2.24) is 19.3 Å². The van der Waals surface area contributed by atoms with Crippen molar-refractivity contribution in [2.75, 3.05) is 67.1 Å². The molecule has 1 amide bonds. The fourth-order valence-corrected chi connectivity index (χ4v) is 4.80. The zero-order valence-corrected chi connectivity index (χ0v) is 23.9. The predicted molar refractivity (Wildman–Crippen MR) is 152 cm³/mol. The Balaban J connectivity index is 1.24. The lowest BCUT2D eigenvalue weighted by Gasteiger charge is -2.34. The van der Waals surface area contributed by atoms with E-state index in [0.717, 1.165) is 54.1 Å². The third-order valence-corrected chi connectivity index (χ3v) is 7.44. The van der Waals surface area contributed by atoms with Gasteiger partial charge < -0.3 is 23.7 Å². The molecule has 3 aromatic rings. The minimum absolute atomic E-state index is 0.101. The summed E-state index contributed by atoms with van der Waals surface area (Å²) in [7, 11) is 7.11. The number of nitrogens with zero attached hydrogens (tertiary/aromatic N) is 4. The second-order valence-electron chi connectivity index (χ2n) is 10.2. The summed E-state index contributed by atoms with van der Waals surface area (Å²) >= 11 is 0. The van der Waals surface area contributed by atoms with Gasteiger partial charge in [0.1, 0.15) is 18.1 Å². The van der Waals surface area contributed by atoms with Crippen LogP contribution < -0.4 is 9.47 Å². The Morgan fingerprint density at radius 2 is 1.57 bits per heavy atom. The number of carbonyl (C=O) groups is 3. The van der Waals surface area contributed by atoms with Crippen molar-refractivity contribution in [3.63, 3.8) is 0 Å². The van der Waals surface area contributed by atoms with E-state index >= 15 is 0 Å². The first kappa shape index (κ1) is 29.1. The largest absolute Gasteiger partial charge is 0.497 e. The van der Waals surface area contributed by atoms with Gasteiger partial charge >= 0.3 is 11.9 Å². The van der Waals surface area contributed by atoms with Crippen LogP contribution in [0.5, 0.6) is 11.5 Å². The first-order chi connectivity index (χ1) is 19.2. The minimum Gasteiger partial charge on any atom is -0.497 e. The van der Waals surface area contributed by atoms with Crippen molar-refractivity contribution >= 4 is 28.7 Å². The van der Waals surface area contributed by atoms with Crippen molar-refractivity contribution in [2.24, 2.45) is 7.05 Å². The monoisotopic (exact) mass is 550 g/mol. The number of aryl methyl sites for hydroxylation is 1. The molecule has 4 rings (SSSR count). The molecule has 1 saturated heterocycles. The normalized spacial score (nSPS) is 14.2. The molecule has 0 aliphatic carbocycles. The van der Waals surface area contributed by atoms with E-state index in [9.17, 15) is 14.4 Å². The molecule has 0 saturated carbocycles. The van der Waals surface area contributed by atoms with E-state index in [-0.39, 0.29) is 24.9 Å². The molecule has 1 aliphatic heterocycles. The van der Waals surface area contributed by atoms with Gasteiger partial charge in [-0.25, -0.2) is 4.79 Å². The van der Waals surface area contributed by atoms with E-state index in [1.165, 1.54) is 0 Å². The Bertz CT molecular complexity index is 1360. The molecule has 0 bridgehead atoms. The summed E-state index contributed by atoms with van der Waals surface area (Å²) in [6.07, 6.45) is 0.111. The third kappa shape index (κ3) is 7.00. The molecule has 1 aromatic heterocycles. The molecule has 40 heavy (non-hydrogen) atoms. The second kappa shape index (κ2) is 13.0.